The number of carbonyl (C=O) groups is 1. The number of ether oxygens (including phenoxy) is 1. The molecule has 1 aliphatic rings. The van der Waals surface area contributed by atoms with E-state index in [1.54, 1.807) is 7.11 Å². The van der Waals surface area contributed by atoms with Crippen molar-refractivity contribution in [1.82, 2.24) is 20.4 Å². The van der Waals surface area contributed by atoms with Crippen LogP contribution in [-0.2, 0) is 0 Å². The molecular formula is C25H30N6O2S. The van der Waals surface area contributed by atoms with Crippen molar-refractivity contribution in [3.8, 4) is 22.4 Å². The first-order chi connectivity index (χ1) is 16.5. The van der Waals surface area contributed by atoms with E-state index in [9.17, 15) is 4.79 Å². The monoisotopic (exact) mass is 478 g/mol. The van der Waals surface area contributed by atoms with Crippen molar-refractivity contribution >= 4 is 34.1 Å². The Bertz CT molecular complexity index is 1180. The van der Waals surface area contributed by atoms with Gasteiger partial charge in [-0.2, -0.15) is 5.26 Å². The van der Waals surface area contributed by atoms with Gasteiger partial charge in [-0.3, -0.25) is 4.79 Å². The zero-order chi connectivity index (χ0) is 24.5. The summed E-state index contributed by atoms with van der Waals surface area (Å²) in [6, 6.07) is 12.5. The number of likely N-dealkylation sites (tertiary alicyclic amines) is 1. The van der Waals surface area contributed by atoms with E-state index in [0.29, 0.717) is 34.2 Å². The van der Waals surface area contributed by atoms with Gasteiger partial charge in [0.1, 0.15) is 10.8 Å². The highest BCUT2D eigenvalue weighted by atomic mass is 32.1. The quantitative estimate of drug-likeness (QED) is 0.388. The Labute approximate surface area is 204 Å². The number of aromatic nitrogens is 2. The van der Waals surface area contributed by atoms with Gasteiger partial charge in [0, 0.05) is 29.1 Å². The summed E-state index contributed by atoms with van der Waals surface area (Å²) in [5.74, 6) is 0.668. The van der Waals surface area contributed by atoms with E-state index in [4.69, 9.17) is 10.00 Å². The molecule has 2 aromatic carbocycles. The molecule has 4 rings (SSSR count). The molecular weight excluding hydrogens is 448 g/mol. The number of hydrogen-bond donors (Lipinski definition) is 2. The highest BCUT2D eigenvalue weighted by Gasteiger charge is 2.14. The largest absolute Gasteiger partial charge is 0.495 e. The van der Waals surface area contributed by atoms with E-state index in [0.717, 1.165) is 28.1 Å². The Kier molecular flexibility index (Phi) is 9.10. The third-order valence-corrected chi connectivity index (χ3v) is 6.65. The van der Waals surface area contributed by atoms with Gasteiger partial charge in [-0.25, -0.2) is 0 Å². The van der Waals surface area contributed by atoms with E-state index in [2.05, 4.69) is 46.4 Å². The number of piperidine rings is 1. The molecule has 2 heterocycles. The predicted molar refractivity (Wildman–Crippen MR) is 138 cm³/mol. The van der Waals surface area contributed by atoms with Crippen LogP contribution in [0.15, 0.2) is 42.5 Å². The van der Waals surface area contributed by atoms with Crippen molar-refractivity contribution in [2.75, 3.05) is 46.2 Å². The minimum atomic E-state index is 0.324. The van der Waals surface area contributed by atoms with Crippen LogP contribution in [0.25, 0.3) is 21.3 Å². The molecule has 8 nitrogen and oxygen atoms in total. The number of nitrogens with zero attached hydrogens (tertiary/aromatic N) is 4. The third-order valence-electron chi connectivity index (χ3n) is 5.76. The van der Waals surface area contributed by atoms with Crippen LogP contribution in [-0.4, -0.2) is 68.3 Å². The van der Waals surface area contributed by atoms with Gasteiger partial charge in [-0.05, 0) is 57.5 Å². The van der Waals surface area contributed by atoms with Gasteiger partial charge in [-0.1, -0.05) is 36.1 Å². The second-order valence-corrected chi connectivity index (χ2v) is 9.09. The Morgan fingerprint density at radius 3 is 2.68 bits per heavy atom. The number of rotatable bonds is 7. The van der Waals surface area contributed by atoms with E-state index in [-0.39, 0.29) is 0 Å². The lowest BCUT2D eigenvalue weighted by atomic mass is 10.0. The molecule has 34 heavy (non-hydrogen) atoms. The number of anilines is 1. The molecule has 0 aliphatic carbocycles. The maximum atomic E-state index is 10.8. The first kappa shape index (κ1) is 25.3. The van der Waals surface area contributed by atoms with E-state index in [1.165, 1.54) is 37.3 Å². The average Bonchev–Trinajstić information content (AvgIpc) is 3.37. The number of benzene rings is 2. The van der Waals surface area contributed by atoms with Crippen molar-refractivity contribution in [3.63, 3.8) is 0 Å². The fourth-order valence-corrected chi connectivity index (χ4v) is 4.37. The first-order valence-corrected chi connectivity index (χ1v) is 11.9. The SMILES string of the molecule is C=C(C#N)CNc1c(OC)ccc2ccc(-c3nnc(C=O)s3)cc12.CNC1CCN(C)CC1. The minimum Gasteiger partial charge on any atom is -0.495 e. The summed E-state index contributed by atoms with van der Waals surface area (Å²) in [6.45, 7) is 6.52. The molecule has 0 amide bonds. The van der Waals surface area contributed by atoms with Crippen LogP contribution in [0.4, 0.5) is 5.69 Å². The van der Waals surface area contributed by atoms with Gasteiger partial charge in [0.05, 0.1) is 18.9 Å². The second kappa shape index (κ2) is 12.2. The Balaban J connectivity index is 0.000000302. The zero-order valence-corrected chi connectivity index (χ0v) is 20.6. The number of nitrogens with one attached hydrogen (secondary N) is 2. The fraction of sp³-hybridized carbons (Fsp3) is 0.360. The van der Waals surface area contributed by atoms with Crippen molar-refractivity contribution in [2.24, 2.45) is 0 Å². The van der Waals surface area contributed by atoms with Crippen LogP contribution < -0.4 is 15.4 Å². The molecule has 0 unspecified atom stereocenters. The van der Waals surface area contributed by atoms with Crippen LogP contribution in [0, 0.1) is 11.3 Å². The van der Waals surface area contributed by atoms with E-state index >= 15 is 0 Å². The molecule has 1 saturated heterocycles. The number of fused-ring (bicyclic) bond motifs is 1. The average molecular weight is 479 g/mol. The maximum absolute atomic E-state index is 10.8. The van der Waals surface area contributed by atoms with Gasteiger partial charge >= 0.3 is 0 Å². The molecule has 0 atom stereocenters. The van der Waals surface area contributed by atoms with Gasteiger partial charge in [0.2, 0.25) is 0 Å². The fourth-order valence-electron chi connectivity index (χ4n) is 3.72. The predicted octanol–water partition coefficient (Wildman–Crippen LogP) is 3.97. The summed E-state index contributed by atoms with van der Waals surface area (Å²) in [5, 5.41) is 26.2. The highest BCUT2D eigenvalue weighted by molar-refractivity contribution is 7.16. The van der Waals surface area contributed by atoms with E-state index < -0.39 is 0 Å². The second-order valence-electron chi connectivity index (χ2n) is 8.08. The van der Waals surface area contributed by atoms with Gasteiger partial charge in [0.15, 0.2) is 11.3 Å². The molecule has 1 aromatic heterocycles. The number of nitriles is 1. The van der Waals surface area contributed by atoms with Gasteiger partial charge < -0.3 is 20.3 Å². The Morgan fingerprint density at radius 2 is 2.06 bits per heavy atom. The summed E-state index contributed by atoms with van der Waals surface area (Å²) in [5.41, 5.74) is 2.06. The molecule has 1 fully saturated rings. The summed E-state index contributed by atoms with van der Waals surface area (Å²) in [6.07, 6.45) is 3.31. The van der Waals surface area contributed by atoms with Crippen LogP contribution in [0.3, 0.4) is 0 Å². The molecule has 0 radical (unpaired) electrons. The lowest BCUT2D eigenvalue weighted by Gasteiger charge is -2.28. The van der Waals surface area contributed by atoms with Gasteiger partial charge in [0.25, 0.3) is 0 Å². The number of methoxy groups -OCH3 is 1. The molecule has 0 bridgehead atoms. The van der Waals surface area contributed by atoms with Crippen molar-refractivity contribution in [2.45, 2.75) is 18.9 Å². The van der Waals surface area contributed by atoms with E-state index in [1.807, 2.05) is 36.4 Å². The number of carbonyl (C=O) groups excluding carboxylic acids is 1. The molecule has 1 aliphatic heterocycles. The first-order valence-electron chi connectivity index (χ1n) is 11.1. The van der Waals surface area contributed by atoms with Crippen molar-refractivity contribution < 1.29 is 9.53 Å². The highest BCUT2D eigenvalue weighted by Crippen LogP contribution is 2.36. The van der Waals surface area contributed by atoms with Crippen LogP contribution >= 0.6 is 11.3 Å². The molecule has 3 aromatic rings. The van der Waals surface area contributed by atoms with Crippen molar-refractivity contribution in [3.05, 3.63) is 47.5 Å². The minimum absolute atomic E-state index is 0.324. The Morgan fingerprint density at radius 1 is 1.32 bits per heavy atom. The topological polar surface area (TPSA) is 103 Å². The number of hydrogen-bond acceptors (Lipinski definition) is 9. The standard InChI is InChI=1S/C18H14N4O2S.C7H16N2/c1-11(8-19)9-20-17-14-7-13(18-22-21-16(10-23)25-18)4-3-12(14)5-6-15(17)24-2;1-8-7-3-5-9(2)6-4-7/h3-7,10,20H,1,9H2,2H3;7-8H,3-6H2,1-2H3. The lowest BCUT2D eigenvalue weighted by Crippen LogP contribution is -2.39. The molecule has 9 heteroatoms. The lowest BCUT2D eigenvalue weighted by molar-refractivity contribution is 0.112. The zero-order valence-electron chi connectivity index (χ0n) is 19.8. The molecule has 2 N–H and O–H groups in total. The van der Waals surface area contributed by atoms with Gasteiger partial charge in [-0.15, -0.1) is 10.2 Å². The molecule has 0 saturated carbocycles. The summed E-state index contributed by atoms with van der Waals surface area (Å²) < 4.78 is 5.44. The van der Waals surface area contributed by atoms with Crippen LogP contribution in [0.1, 0.15) is 22.6 Å². The summed E-state index contributed by atoms with van der Waals surface area (Å²) in [7, 11) is 5.83. The molecule has 178 valence electrons. The summed E-state index contributed by atoms with van der Waals surface area (Å²) in [4.78, 5) is 13.2. The number of aldehydes is 1. The summed E-state index contributed by atoms with van der Waals surface area (Å²) >= 11 is 1.23. The van der Waals surface area contributed by atoms with Crippen molar-refractivity contribution in [1.29, 1.82) is 5.26 Å². The maximum Gasteiger partial charge on any atom is 0.180 e. The molecule has 0 spiro atoms. The van der Waals surface area contributed by atoms with Crippen LogP contribution in [0.2, 0.25) is 0 Å². The third kappa shape index (κ3) is 6.38. The Hall–Kier alpha value is -3.32. The smallest absolute Gasteiger partial charge is 0.180 e. The van der Waals surface area contributed by atoms with Crippen LogP contribution in [0.5, 0.6) is 5.75 Å². The normalized spacial score (nSPS) is 14.1.